The Labute approximate surface area is 205 Å². The molecule has 4 aliphatic heterocycles. The summed E-state index contributed by atoms with van der Waals surface area (Å²) in [6.45, 7) is 10.1. The molecule has 35 heavy (non-hydrogen) atoms. The summed E-state index contributed by atoms with van der Waals surface area (Å²) in [4.78, 5) is 38.6. The maximum Gasteiger partial charge on any atom is 0.336 e. The molecule has 1 spiro atoms. The summed E-state index contributed by atoms with van der Waals surface area (Å²) < 4.78 is 29.4. The SMILES string of the molecule is CO[C@@H]1C=C([C@@H]2C[C@H]3O[C@@]34[C@@]2(C)CC[C@@H]2[C@@]3(C)C=CC(=O)OC(C)(C)[C@@H]3CC(=O)O[C@]24C)C(=O)O1. The highest BCUT2D eigenvalue weighted by atomic mass is 16.7. The Balaban J connectivity index is 1.46. The third kappa shape index (κ3) is 2.67. The number of esters is 3. The highest BCUT2D eigenvalue weighted by Gasteiger charge is 2.87. The van der Waals surface area contributed by atoms with Crippen molar-refractivity contribution in [3.63, 3.8) is 0 Å². The van der Waals surface area contributed by atoms with E-state index in [0.717, 1.165) is 12.8 Å². The summed E-state index contributed by atoms with van der Waals surface area (Å²) >= 11 is 0. The van der Waals surface area contributed by atoms with E-state index in [4.69, 9.17) is 23.7 Å². The molecule has 0 aromatic heterocycles. The molecule has 0 radical (unpaired) electrons. The second kappa shape index (κ2) is 6.76. The Morgan fingerprint density at radius 3 is 2.46 bits per heavy atom. The zero-order valence-electron chi connectivity index (χ0n) is 21.2. The van der Waals surface area contributed by atoms with Gasteiger partial charge in [-0.25, -0.2) is 9.59 Å². The average molecular weight is 487 g/mol. The number of allylic oxidation sites excluding steroid dienone is 1. The van der Waals surface area contributed by atoms with Gasteiger partial charge in [0.2, 0.25) is 6.29 Å². The quantitative estimate of drug-likeness (QED) is 0.333. The lowest BCUT2D eigenvalue weighted by molar-refractivity contribution is -0.207. The summed E-state index contributed by atoms with van der Waals surface area (Å²) in [7, 11) is 1.51. The molecule has 6 aliphatic rings. The summed E-state index contributed by atoms with van der Waals surface area (Å²) in [6, 6.07) is 0. The number of methoxy groups -OCH3 is 1. The van der Waals surface area contributed by atoms with Gasteiger partial charge < -0.3 is 23.7 Å². The van der Waals surface area contributed by atoms with Gasteiger partial charge in [-0.2, -0.15) is 0 Å². The van der Waals surface area contributed by atoms with Crippen molar-refractivity contribution in [3.8, 4) is 0 Å². The normalized spacial score (nSPS) is 51.4. The van der Waals surface area contributed by atoms with Gasteiger partial charge in [0, 0.05) is 41.9 Å². The molecule has 0 amide bonds. The van der Waals surface area contributed by atoms with Gasteiger partial charge in [0.1, 0.15) is 16.8 Å². The van der Waals surface area contributed by atoms with Crippen molar-refractivity contribution in [1.82, 2.24) is 0 Å². The van der Waals surface area contributed by atoms with Crippen LogP contribution in [0.5, 0.6) is 0 Å². The van der Waals surface area contributed by atoms with Crippen molar-refractivity contribution in [3.05, 3.63) is 23.8 Å². The summed E-state index contributed by atoms with van der Waals surface area (Å²) in [5.41, 5.74) is -2.82. The van der Waals surface area contributed by atoms with Crippen LogP contribution in [-0.2, 0) is 38.1 Å². The van der Waals surface area contributed by atoms with E-state index in [-0.39, 0.29) is 48.2 Å². The average Bonchev–Trinajstić information content (AvgIpc) is 3.35. The van der Waals surface area contributed by atoms with Gasteiger partial charge in [-0.15, -0.1) is 0 Å². The fourth-order valence-electron chi connectivity index (χ4n) is 9.05. The fourth-order valence-corrected chi connectivity index (χ4v) is 9.05. The second-order valence-corrected chi connectivity index (χ2v) is 12.3. The number of epoxide rings is 1. The Kier molecular flexibility index (Phi) is 4.49. The van der Waals surface area contributed by atoms with E-state index in [1.807, 2.05) is 26.8 Å². The zero-order chi connectivity index (χ0) is 25.2. The van der Waals surface area contributed by atoms with E-state index in [1.54, 1.807) is 6.08 Å². The Morgan fingerprint density at radius 1 is 1.03 bits per heavy atom. The molecule has 8 nitrogen and oxygen atoms in total. The van der Waals surface area contributed by atoms with Crippen LogP contribution in [0.4, 0.5) is 0 Å². The van der Waals surface area contributed by atoms with Crippen molar-refractivity contribution in [1.29, 1.82) is 0 Å². The standard InChI is InChI=1S/C27H34O8/c1-23(2)17-13-20(29)35-26(5)16(24(17,3)9-8-19(28)34-23)7-10-25(4)15(12-18-27(25,26)33-18)14-11-21(31-6)32-22(14)30/h8-9,11,15-18,21H,7,10,12-13H2,1-6H3/t15-,16+,17-,18+,21-,24+,25-,26+,27+/m0/s1. The molecular weight excluding hydrogens is 452 g/mol. The van der Waals surface area contributed by atoms with E-state index in [2.05, 4.69) is 13.8 Å². The lowest BCUT2D eigenvalue weighted by Gasteiger charge is -2.58. The molecule has 4 fully saturated rings. The maximum atomic E-state index is 13.4. The minimum Gasteiger partial charge on any atom is -0.456 e. The predicted molar refractivity (Wildman–Crippen MR) is 122 cm³/mol. The number of hydrogen-bond donors (Lipinski definition) is 0. The van der Waals surface area contributed by atoms with Gasteiger partial charge in [0.15, 0.2) is 0 Å². The van der Waals surface area contributed by atoms with Gasteiger partial charge in [-0.1, -0.05) is 19.9 Å². The van der Waals surface area contributed by atoms with Crippen molar-refractivity contribution < 1.29 is 38.1 Å². The highest BCUT2D eigenvalue weighted by molar-refractivity contribution is 5.91. The van der Waals surface area contributed by atoms with Crippen LogP contribution >= 0.6 is 0 Å². The Hall–Kier alpha value is -2.19. The molecule has 0 aromatic carbocycles. The lowest BCUT2D eigenvalue weighted by atomic mass is 9.47. The van der Waals surface area contributed by atoms with Crippen molar-refractivity contribution in [2.24, 2.45) is 28.6 Å². The first-order valence-corrected chi connectivity index (χ1v) is 12.6. The number of ether oxygens (including phenoxy) is 5. The topological polar surface area (TPSA) is 101 Å². The molecule has 8 heteroatoms. The van der Waals surface area contributed by atoms with Crippen LogP contribution in [0.15, 0.2) is 23.8 Å². The van der Waals surface area contributed by atoms with E-state index < -0.39 is 33.9 Å². The van der Waals surface area contributed by atoms with Gasteiger partial charge in [-0.3, -0.25) is 4.79 Å². The monoisotopic (exact) mass is 486 g/mol. The number of hydrogen-bond acceptors (Lipinski definition) is 8. The maximum absolute atomic E-state index is 13.4. The Bertz CT molecular complexity index is 1090. The minimum atomic E-state index is -0.933. The highest BCUT2D eigenvalue weighted by Crippen LogP contribution is 2.77. The first-order valence-electron chi connectivity index (χ1n) is 12.6. The lowest BCUT2D eigenvalue weighted by Crippen LogP contribution is -2.66. The fraction of sp³-hybridized carbons (Fsp3) is 0.741. The smallest absolute Gasteiger partial charge is 0.336 e. The van der Waals surface area contributed by atoms with Gasteiger partial charge in [0.25, 0.3) is 0 Å². The molecule has 190 valence electrons. The van der Waals surface area contributed by atoms with Gasteiger partial charge in [0.05, 0.1) is 12.5 Å². The molecule has 2 aliphatic carbocycles. The van der Waals surface area contributed by atoms with Crippen molar-refractivity contribution in [2.75, 3.05) is 7.11 Å². The van der Waals surface area contributed by atoms with Crippen LogP contribution in [0.1, 0.15) is 60.3 Å². The predicted octanol–water partition coefficient (Wildman–Crippen LogP) is 3.24. The first-order chi connectivity index (χ1) is 16.3. The number of cyclic esters (lactones) is 2. The van der Waals surface area contributed by atoms with E-state index in [0.29, 0.717) is 12.0 Å². The molecule has 0 N–H and O–H groups in total. The van der Waals surface area contributed by atoms with Gasteiger partial charge >= 0.3 is 17.9 Å². The molecule has 0 bridgehead atoms. The molecule has 4 heterocycles. The van der Waals surface area contributed by atoms with E-state index in [9.17, 15) is 14.4 Å². The van der Waals surface area contributed by atoms with Crippen LogP contribution in [0.2, 0.25) is 0 Å². The van der Waals surface area contributed by atoms with Crippen LogP contribution in [-0.4, -0.2) is 54.2 Å². The molecule has 0 unspecified atom stereocenters. The minimum absolute atomic E-state index is 0.0803. The number of fused-ring (bicyclic) bond motifs is 3. The van der Waals surface area contributed by atoms with Gasteiger partial charge in [-0.05, 0) is 51.5 Å². The van der Waals surface area contributed by atoms with Crippen LogP contribution in [0.25, 0.3) is 0 Å². The van der Waals surface area contributed by atoms with Crippen LogP contribution in [0.3, 0.4) is 0 Å². The number of rotatable bonds is 2. The van der Waals surface area contributed by atoms with Crippen molar-refractivity contribution in [2.45, 2.75) is 89.5 Å². The van der Waals surface area contributed by atoms with Crippen molar-refractivity contribution >= 4 is 17.9 Å². The van der Waals surface area contributed by atoms with E-state index >= 15 is 0 Å². The summed E-state index contributed by atoms with van der Waals surface area (Å²) in [5, 5.41) is 0. The number of carbonyl (C=O) groups is 3. The molecule has 2 saturated heterocycles. The summed E-state index contributed by atoms with van der Waals surface area (Å²) in [5.74, 6) is -1.46. The van der Waals surface area contributed by atoms with Crippen LogP contribution < -0.4 is 0 Å². The van der Waals surface area contributed by atoms with Crippen LogP contribution in [0, 0.1) is 28.6 Å². The molecular formula is C27H34O8. The molecule has 6 rings (SSSR count). The molecule has 2 saturated carbocycles. The Morgan fingerprint density at radius 2 is 1.77 bits per heavy atom. The zero-order valence-corrected chi connectivity index (χ0v) is 21.2. The largest absolute Gasteiger partial charge is 0.456 e. The third-order valence-electron chi connectivity index (χ3n) is 10.5. The second-order valence-electron chi connectivity index (χ2n) is 12.3. The first kappa shape index (κ1) is 23.2. The van der Waals surface area contributed by atoms with E-state index in [1.165, 1.54) is 13.2 Å². The molecule has 9 atom stereocenters. The molecule has 0 aromatic rings. The third-order valence-corrected chi connectivity index (χ3v) is 10.5. The number of carbonyl (C=O) groups excluding carboxylic acids is 3. The summed E-state index contributed by atoms with van der Waals surface area (Å²) in [6.07, 6.45) is 6.80.